The summed E-state index contributed by atoms with van der Waals surface area (Å²) in [6, 6.07) is 58.2. The first-order chi connectivity index (χ1) is 23.3. The third-order valence-corrected chi connectivity index (χ3v) is 9.69. The highest BCUT2D eigenvalue weighted by molar-refractivity contribution is 6.13. The van der Waals surface area contributed by atoms with Gasteiger partial charge >= 0.3 is 0 Å². The summed E-state index contributed by atoms with van der Waals surface area (Å²) in [5, 5.41) is 18.3. The molecule has 0 aliphatic heterocycles. The Morgan fingerprint density at radius 2 is 0.596 bits per heavy atom. The van der Waals surface area contributed by atoms with E-state index in [1.165, 1.54) is 10.8 Å². The Labute approximate surface area is 270 Å². The standard InChI is InChI=1S/C43H26N4/c44-27-34-41(45-35-19-7-1-13-28(35)29-14-2-8-20-36(29)45)25-26-42(46-37-21-9-3-15-30(37)31-16-4-10-22-38(31)46)43(34)47-39-23-11-5-17-32(39)33-18-6-12-24-40(33)47/h1-26H. The van der Waals surface area contributed by atoms with Crippen LogP contribution >= 0.6 is 0 Å². The number of hydrogen-bond acceptors (Lipinski definition) is 1. The van der Waals surface area contributed by atoms with Crippen molar-refractivity contribution in [1.29, 1.82) is 5.26 Å². The smallest absolute Gasteiger partial charge is 0.104 e. The highest BCUT2D eigenvalue weighted by atomic mass is 15.1. The van der Waals surface area contributed by atoms with Gasteiger partial charge in [-0.1, -0.05) is 109 Å². The highest BCUT2D eigenvalue weighted by Crippen LogP contribution is 2.42. The van der Waals surface area contributed by atoms with E-state index in [0.717, 1.165) is 71.7 Å². The van der Waals surface area contributed by atoms with E-state index in [2.05, 4.69) is 177 Å². The van der Waals surface area contributed by atoms with Crippen LogP contribution in [0.4, 0.5) is 0 Å². The van der Waals surface area contributed by atoms with Crippen molar-refractivity contribution < 1.29 is 0 Å². The van der Waals surface area contributed by atoms with Gasteiger partial charge < -0.3 is 13.7 Å². The van der Waals surface area contributed by atoms with E-state index < -0.39 is 0 Å². The number of para-hydroxylation sites is 6. The summed E-state index contributed by atoms with van der Waals surface area (Å²) in [4.78, 5) is 0. The first-order valence-electron chi connectivity index (χ1n) is 15.9. The van der Waals surface area contributed by atoms with E-state index in [4.69, 9.17) is 0 Å². The Hall–Kier alpha value is -6.57. The van der Waals surface area contributed by atoms with Crippen LogP contribution in [0.5, 0.6) is 0 Å². The van der Waals surface area contributed by atoms with E-state index in [-0.39, 0.29) is 0 Å². The maximum atomic E-state index is 11.3. The summed E-state index contributed by atoms with van der Waals surface area (Å²) < 4.78 is 6.90. The molecule has 0 amide bonds. The topological polar surface area (TPSA) is 38.6 Å². The van der Waals surface area contributed by atoms with Crippen molar-refractivity contribution in [2.24, 2.45) is 0 Å². The zero-order chi connectivity index (χ0) is 31.1. The van der Waals surface area contributed by atoms with Crippen LogP contribution in [-0.2, 0) is 0 Å². The Kier molecular flexibility index (Phi) is 5.32. The third kappa shape index (κ3) is 3.46. The van der Waals surface area contributed by atoms with Crippen molar-refractivity contribution in [2.75, 3.05) is 0 Å². The second kappa shape index (κ2) is 9.71. The fraction of sp³-hybridized carbons (Fsp3) is 0. The van der Waals surface area contributed by atoms with Crippen LogP contribution in [0.3, 0.4) is 0 Å². The highest BCUT2D eigenvalue weighted by Gasteiger charge is 2.25. The average molecular weight is 599 g/mol. The van der Waals surface area contributed by atoms with Gasteiger partial charge in [0.1, 0.15) is 11.6 Å². The first-order valence-corrected chi connectivity index (χ1v) is 15.9. The third-order valence-electron chi connectivity index (χ3n) is 9.69. The molecule has 4 nitrogen and oxygen atoms in total. The van der Waals surface area contributed by atoms with Crippen molar-refractivity contribution >= 4 is 65.4 Å². The molecule has 0 unspecified atom stereocenters. The lowest BCUT2D eigenvalue weighted by Gasteiger charge is -2.21. The number of fused-ring (bicyclic) bond motifs is 9. The van der Waals surface area contributed by atoms with Crippen molar-refractivity contribution in [3.63, 3.8) is 0 Å². The summed E-state index contributed by atoms with van der Waals surface area (Å²) in [7, 11) is 0. The van der Waals surface area contributed by atoms with E-state index in [0.29, 0.717) is 5.56 Å². The Balaban J connectivity index is 1.44. The van der Waals surface area contributed by atoms with Crippen LogP contribution in [0.1, 0.15) is 5.56 Å². The van der Waals surface area contributed by atoms with E-state index in [9.17, 15) is 5.26 Å². The Bertz CT molecular complexity index is 2770. The molecule has 0 aliphatic carbocycles. The Morgan fingerprint density at radius 1 is 0.319 bits per heavy atom. The van der Waals surface area contributed by atoms with Gasteiger partial charge in [0, 0.05) is 32.3 Å². The summed E-state index contributed by atoms with van der Waals surface area (Å²) >= 11 is 0. The van der Waals surface area contributed by atoms with Crippen molar-refractivity contribution in [1.82, 2.24) is 13.7 Å². The van der Waals surface area contributed by atoms with Gasteiger partial charge in [-0.05, 0) is 48.5 Å². The minimum Gasteiger partial charge on any atom is -0.308 e. The molecule has 0 spiro atoms. The molecule has 0 saturated carbocycles. The molecule has 7 aromatic carbocycles. The van der Waals surface area contributed by atoms with Crippen molar-refractivity contribution in [3.8, 4) is 23.1 Å². The molecule has 47 heavy (non-hydrogen) atoms. The zero-order valence-corrected chi connectivity index (χ0v) is 25.3. The molecule has 0 aliphatic rings. The lowest BCUT2D eigenvalue weighted by molar-refractivity contribution is 1.07. The monoisotopic (exact) mass is 598 g/mol. The number of rotatable bonds is 3. The number of nitrogens with zero attached hydrogens (tertiary/aromatic N) is 4. The molecule has 3 aromatic heterocycles. The van der Waals surface area contributed by atoms with Gasteiger partial charge in [0.05, 0.1) is 50.2 Å². The largest absolute Gasteiger partial charge is 0.308 e. The normalized spacial score (nSPS) is 11.8. The molecule has 10 aromatic rings. The van der Waals surface area contributed by atoms with Gasteiger partial charge in [-0.15, -0.1) is 0 Å². The van der Waals surface area contributed by atoms with Gasteiger partial charge in [-0.25, -0.2) is 0 Å². The lowest BCUT2D eigenvalue weighted by atomic mass is 10.1. The molecule has 0 atom stereocenters. The van der Waals surface area contributed by atoms with Crippen LogP contribution in [-0.4, -0.2) is 13.7 Å². The maximum Gasteiger partial charge on any atom is 0.104 e. The molecule has 3 heterocycles. The van der Waals surface area contributed by atoms with Crippen LogP contribution in [0, 0.1) is 11.3 Å². The number of benzene rings is 7. The molecule has 0 saturated heterocycles. The number of hydrogen-bond donors (Lipinski definition) is 0. The minimum atomic E-state index is 0.613. The lowest BCUT2D eigenvalue weighted by Crippen LogP contribution is -2.09. The summed E-state index contributed by atoms with van der Waals surface area (Å²) in [6.45, 7) is 0. The van der Waals surface area contributed by atoms with Crippen molar-refractivity contribution in [3.05, 3.63) is 163 Å². The molecule has 0 bridgehead atoms. The molecule has 0 N–H and O–H groups in total. The molecule has 0 fully saturated rings. The van der Waals surface area contributed by atoms with Crippen LogP contribution in [0.2, 0.25) is 0 Å². The molecule has 218 valence electrons. The van der Waals surface area contributed by atoms with Crippen molar-refractivity contribution in [2.45, 2.75) is 0 Å². The fourth-order valence-corrected chi connectivity index (χ4v) is 7.80. The first kappa shape index (κ1) is 25.7. The van der Waals surface area contributed by atoms with Gasteiger partial charge in [0.2, 0.25) is 0 Å². The predicted octanol–water partition coefficient (Wildman–Crippen LogP) is 10.8. The van der Waals surface area contributed by atoms with Gasteiger partial charge in [-0.3, -0.25) is 0 Å². The minimum absolute atomic E-state index is 0.613. The maximum absolute atomic E-state index is 11.3. The summed E-state index contributed by atoms with van der Waals surface area (Å²) in [5.74, 6) is 0. The quantitative estimate of drug-likeness (QED) is 0.199. The zero-order valence-electron chi connectivity index (χ0n) is 25.3. The molecule has 4 heteroatoms. The second-order valence-corrected chi connectivity index (χ2v) is 12.0. The summed E-state index contributed by atoms with van der Waals surface area (Å²) in [5.41, 5.74) is 9.75. The Morgan fingerprint density at radius 3 is 0.936 bits per heavy atom. The van der Waals surface area contributed by atoms with Crippen LogP contribution in [0.15, 0.2) is 158 Å². The summed E-state index contributed by atoms with van der Waals surface area (Å²) in [6.07, 6.45) is 0. The van der Waals surface area contributed by atoms with Gasteiger partial charge in [0.15, 0.2) is 0 Å². The van der Waals surface area contributed by atoms with E-state index in [1.807, 2.05) is 0 Å². The second-order valence-electron chi connectivity index (χ2n) is 12.0. The number of nitriles is 1. The van der Waals surface area contributed by atoms with Gasteiger partial charge in [-0.2, -0.15) is 5.26 Å². The molecule has 0 radical (unpaired) electrons. The average Bonchev–Trinajstić information content (AvgIpc) is 3.77. The predicted molar refractivity (Wildman–Crippen MR) is 194 cm³/mol. The fourth-order valence-electron chi connectivity index (χ4n) is 7.80. The number of aromatic nitrogens is 3. The molecule has 10 rings (SSSR count). The van der Waals surface area contributed by atoms with Crippen LogP contribution < -0.4 is 0 Å². The van der Waals surface area contributed by atoms with E-state index in [1.54, 1.807) is 0 Å². The molecular weight excluding hydrogens is 573 g/mol. The molecular formula is C43H26N4. The van der Waals surface area contributed by atoms with E-state index >= 15 is 0 Å². The SMILES string of the molecule is N#Cc1c(-n2c3ccccc3c3ccccc32)ccc(-n2c3ccccc3c3ccccc32)c1-n1c2ccccc2c2ccccc21. The van der Waals surface area contributed by atoms with Crippen LogP contribution in [0.25, 0.3) is 82.5 Å². The van der Waals surface area contributed by atoms with Gasteiger partial charge in [0.25, 0.3) is 0 Å².